The topological polar surface area (TPSA) is 118 Å². The molecule has 1 aliphatic rings. The van der Waals surface area contributed by atoms with Crippen LogP contribution in [0.4, 0.5) is 5.82 Å². The number of nitrogens with zero attached hydrogens (tertiary/aromatic N) is 2. The van der Waals surface area contributed by atoms with E-state index in [9.17, 15) is 9.90 Å². The first kappa shape index (κ1) is 27.4. The molecule has 1 aromatic heterocycles. The fourth-order valence-corrected chi connectivity index (χ4v) is 5.10. The van der Waals surface area contributed by atoms with E-state index >= 15 is 0 Å². The minimum atomic E-state index is -1.06. The third-order valence-corrected chi connectivity index (χ3v) is 7.33. The van der Waals surface area contributed by atoms with Gasteiger partial charge >= 0.3 is 5.69 Å². The van der Waals surface area contributed by atoms with Crippen molar-refractivity contribution >= 4 is 5.82 Å². The predicted octanol–water partition coefficient (Wildman–Crippen LogP) is 3.81. The molecule has 1 saturated heterocycles. The highest BCUT2D eigenvalue weighted by Gasteiger charge is 2.42. The van der Waals surface area contributed by atoms with Crippen LogP contribution in [0.1, 0.15) is 34.9 Å². The van der Waals surface area contributed by atoms with Crippen LogP contribution in [-0.2, 0) is 15.1 Å². The number of aromatic nitrogens is 2. The molecule has 0 amide bonds. The fourth-order valence-electron chi connectivity index (χ4n) is 5.10. The maximum Gasteiger partial charge on any atom is 0.351 e. The molecule has 2 heterocycles. The number of nitrogen functional groups attached to an aromatic ring is 1. The summed E-state index contributed by atoms with van der Waals surface area (Å²) in [7, 11) is 3.25. The maximum absolute atomic E-state index is 12.5. The van der Waals surface area contributed by atoms with E-state index in [2.05, 4.69) is 4.98 Å². The Balaban J connectivity index is 1.53. The van der Waals surface area contributed by atoms with Gasteiger partial charge in [0.25, 0.3) is 0 Å². The van der Waals surface area contributed by atoms with E-state index in [0.29, 0.717) is 5.56 Å². The lowest BCUT2D eigenvalue weighted by molar-refractivity contribution is -0.0944. The Kier molecular flexibility index (Phi) is 7.88. The number of benzene rings is 3. The minimum absolute atomic E-state index is 0.0424. The lowest BCUT2D eigenvalue weighted by Crippen LogP contribution is -2.38. The lowest BCUT2D eigenvalue weighted by atomic mass is 9.80. The molecule has 0 saturated carbocycles. The van der Waals surface area contributed by atoms with Gasteiger partial charge in [-0.2, -0.15) is 4.98 Å². The highest BCUT2D eigenvalue weighted by atomic mass is 16.6. The first-order chi connectivity index (χ1) is 19.3. The Hall–Kier alpha value is -4.18. The van der Waals surface area contributed by atoms with Gasteiger partial charge in [-0.15, -0.1) is 0 Å². The zero-order valence-electron chi connectivity index (χ0n) is 22.7. The van der Waals surface area contributed by atoms with Gasteiger partial charge in [-0.1, -0.05) is 54.6 Å². The molecule has 5 rings (SSSR count). The SMILES string of the molecule is COc1ccc(C(OC[C@H]2O[C@@H](n3cc(C)c(N)nc3=O)C[C@H]2O)(c2ccccc2)c2ccc(OC)cc2)cc1. The largest absolute Gasteiger partial charge is 0.497 e. The zero-order valence-corrected chi connectivity index (χ0v) is 22.7. The number of rotatable bonds is 9. The van der Waals surface area contributed by atoms with Crippen LogP contribution in [0, 0.1) is 6.92 Å². The Morgan fingerprint density at radius 3 is 2.05 bits per heavy atom. The molecule has 0 unspecified atom stereocenters. The molecule has 0 bridgehead atoms. The monoisotopic (exact) mass is 543 g/mol. The summed E-state index contributed by atoms with van der Waals surface area (Å²) in [4.78, 5) is 16.4. The number of aryl methyl sites for hydroxylation is 1. The van der Waals surface area contributed by atoms with Crippen LogP contribution in [0.25, 0.3) is 0 Å². The molecular weight excluding hydrogens is 510 g/mol. The van der Waals surface area contributed by atoms with Gasteiger partial charge in [0.1, 0.15) is 35.2 Å². The molecule has 1 aliphatic heterocycles. The number of hydrogen-bond donors (Lipinski definition) is 2. The highest BCUT2D eigenvalue weighted by molar-refractivity contribution is 5.49. The van der Waals surface area contributed by atoms with Crippen molar-refractivity contribution in [1.29, 1.82) is 0 Å². The van der Waals surface area contributed by atoms with E-state index in [1.165, 1.54) is 4.57 Å². The van der Waals surface area contributed by atoms with E-state index < -0.39 is 29.7 Å². The predicted molar refractivity (Wildman–Crippen MR) is 150 cm³/mol. The summed E-state index contributed by atoms with van der Waals surface area (Å²) < 4.78 is 25.2. The standard InChI is InChI=1S/C31H33N3O6/c1-20-18-34(30(36)33-29(20)32)28-17-26(35)27(40-28)19-39-31(21-7-5-4-6-8-21,22-9-13-24(37-2)14-10-22)23-11-15-25(38-3)16-12-23/h4-16,18,26-28,35H,17,19H2,1-3H3,(H2,32,33,36)/t26-,27-,28-/m1/s1. The Morgan fingerprint density at radius 2 is 1.50 bits per heavy atom. The number of nitrogens with two attached hydrogens (primary N) is 1. The quantitative estimate of drug-likeness (QED) is 0.306. The third kappa shape index (κ3) is 5.19. The summed E-state index contributed by atoms with van der Waals surface area (Å²) in [5, 5.41) is 11.0. The summed E-state index contributed by atoms with van der Waals surface area (Å²) >= 11 is 0. The third-order valence-electron chi connectivity index (χ3n) is 7.33. The molecule has 1 fully saturated rings. The molecule has 9 nitrogen and oxygen atoms in total. The van der Waals surface area contributed by atoms with Gasteiger partial charge in [-0.05, 0) is 47.9 Å². The van der Waals surface area contributed by atoms with Crippen LogP contribution in [0.3, 0.4) is 0 Å². The van der Waals surface area contributed by atoms with Gasteiger partial charge in [0.2, 0.25) is 0 Å². The molecule has 0 radical (unpaired) electrons. The molecule has 0 aliphatic carbocycles. The van der Waals surface area contributed by atoms with Crippen molar-refractivity contribution in [3.05, 3.63) is 118 Å². The highest BCUT2D eigenvalue weighted by Crippen LogP contribution is 2.42. The molecular formula is C31H33N3O6. The molecule has 3 atom stereocenters. The Labute approximate surface area is 232 Å². The van der Waals surface area contributed by atoms with Crippen molar-refractivity contribution in [1.82, 2.24) is 9.55 Å². The molecule has 40 heavy (non-hydrogen) atoms. The smallest absolute Gasteiger partial charge is 0.351 e. The van der Waals surface area contributed by atoms with Crippen LogP contribution < -0.4 is 20.9 Å². The van der Waals surface area contributed by atoms with Crippen LogP contribution in [0.5, 0.6) is 11.5 Å². The fraction of sp³-hybridized carbons (Fsp3) is 0.290. The number of anilines is 1. The zero-order chi connectivity index (χ0) is 28.3. The summed E-state index contributed by atoms with van der Waals surface area (Å²) in [6, 6.07) is 25.3. The summed E-state index contributed by atoms with van der Waals surface area (Å²) in [6.07, 6.45) is -0.447. The summed E-state index contributed by atoms with van der Waals surface area (Å²) in [5.41, 5.74) is 7.47. The summed E-state index contributed by atoms with van der Waals surface area (Å²) in [5.74, 6) is 1.61. The lowest BCUT2D eigenvalue weighted by Gasteiger charge is -2.37. The van der Waals surface area contributed by atoms with E-state index in [1.54, 1.807) is 27.3 Å². The van der Waals surface area contributed by atoms with E-state index in [-0.39, 0.29) is 18.8 Å². The van der Waals surface area contributed by atoms with Gasteiger partial charge in [0.05, 0.1) is 26.9 Å². The number of methoxy groups -OCH3 is 2. The van der Waals surface area contributed by atoms with Gasteiger partial charge in [-0.3, -0.25) is 4.57 Å². The van der Waals surface area contributed by atoms with Crippen molar-refractivity contribution in [2.75, 3.05) is 26.6 Å². The first-order valence-corrected chi connectivity index (χ1v) is 13.0. The van der Waals surface area contributed by atoms with Gasteiger partial charge < -0.3 is 29.8 Å². The molecule has 0 spiro atoms. The number of aliphatic hydroxyl groups is 1. The second-order valence-electron chi connectivity index (χ2n) is 9.75. The second kappa shape index (κ2) is 11.5. The maximum atomic E-state index is 12.5. The van der Waals surface area contributed by atoms with Crippen molar-refractivity contribution in [3.63, 3.8) is 0 Å². The van der Waals surface area contributed by atoms with E-state index in [4.69, 9.17) is 24.7 Å². The summed E-state index contributed by atoms with van der Waals surface area (Å²) in [6.45, 7) is 1.81. The van der Waals surface area contributed by atoms with Gasteiger partial charge in [0.15, 0.2) is 0 Å². The van der Waals surface area contributed by atoms with Crippen LogP contribution in [-0.4, -0.2) is 47.7 Å². The number of hydrogen-bond acceptors (Lipinski definition) is 8. The Morgan fingerprint density at radius 1 is 0.950 bits per heavy atom. The molecule has 9 heteroatoms. The van der Waals surface area contributed by atoms with Crippen LogP contribution >= 0.6 is 0 Å². The van der Waals surface area contributed by atoms with E-state index in [1.807, 2.05) is 78.9 Å². The van der Waals surface area contributed by atoms with Crippen LogP contribution in [0.2, 0.25) is 0 Å². The minimum Gasteiger partial charge on any atom is -0.497 e. The molecule has 3 aromatic carbocycles. The normalized spacial score (nSPS) is 18.9. The van der Waals surface area contributed by atoms with Crippen LogP contribution in [0.15, 0.2) is 89.9 Å². The van der Waals surface area contributed by atoms with Crippen molar-refractivity contribution in [2.45, 2.75) is 37.4 Å². The van der Waals surface area contributed by atoms with Crippen molar-refractivity contribution < 1.29 is 24.1 Å². The van der Waals surface area contributed by atoms with Gasteiger partial charge in [0, 0.05) is 18.2 Å². The number of ether oxygens (including phenoxy) is 4. The second-order valence-corrected chi connectivity index (χ2v) is 9.75. The Bertz CT molecular complexity index is 1440. The molecule has 208 valence electrons. The first-order valence-electron chi connectivity index (χ1n) is 13.0. The molecule has 3 N–H and O–H groups in total. The molecule has 4 aromatic rings. The average Bonchev–Trinajstić information content (AvgIpc) is 3.36. The van der Waals surface area contributed by atoms with E-state index in [0.717, 1.165) is 28.2 Å². The average molecular weight is 544 g/mol. The van der Waals surface area contributed by atoms with Crippen molar-refractivity contribution in [2.24, 2.45) is 0 Å². The van der Waals surface area contributed by atoms with Crippen molar-refractivity contribution in [3.8, 4) is 11.5 Å². The van der Waals surface area contributed by atoms with Gasteiger partial charge in [-0.25, -0.2) is 4.79 Å². The number of aliphatic hydroxyl groups excluding tert-OH is 1.